The smallest absolute Gasteiger partial charge is 1.00 e. The van der Waals surface area contributed by atoms with Crippen LogP contribution in [0.5, 0.6) is 0 Å². The summed E-state index contributed by atoms with van der Waals surface area (Å²) < 4.78 is 48.0. The van der Waals surface area contributed by atoms with E-state index in [1.54, 1.807) is 20.8 Å². The summed E-state index contributed by atoms with van der Waals surface area (Å²) in [6.45, 7) is 32.4. The third-order valence-corrected chi connectivity index (χ3v) is 33.0. The second-order valence-corrected chi connectivity index (χ2v) is 43.2. The first-order valence-corrected chi connectivity index (χ1v) is 42.5. The third-order valence-electron chi connectivity index (χ3n) is 19.5. The number of allylic oxidation sites excluding steroid dienone is 2. The van der Waals surface area contributed by atoms with Crippen LogP contribution in [0.25, 0.3) is 0 Å². The zero-order valence-corrected chi connectivity index (χ0v) is 67.6. The molecule has 94 heavy (non-hydrogen) atoms. The summed E-state index contributed by atoms with van der Waals surface area (Å²) in [5.74, 6) is -0.664. The van der Waals surface area contributed by atoms with Crippen molar-refractivity contribution >= 4 is 51.7 Å². The summed E-state index contributed by atoms with van der Waals surface area (Å²) in [4.78, 5) is 21.6. The number of aliphatic carboxylic acids is 2. The van der Waals surface area contributed by atoms with E-state index in [1.807, 2.05) is 6.08 Å². The molecule has 11 atom stereocenters. The van der Waals surface area contributed by atoms with Crippen LogP contribution in [0.3, 0.4) is 0 Å². The molecular formula is C74H121BrKO15PSi2. The molecule has 15 nitrogen and oxygen atoms in total. The van der Waals surface area contributed by atoms with Gasteiger partial charge in [0.15, 0.2) is 35.5 Å². The first kappa shape index (κ1) is 87.1. The molecule has 3 aromatic carbocycles. The van der Waals surface area contributed by atoms with Gasteiger partial charge in [0.1, 0.15) is 23.2 Å². The number of carboxylic acids is 2. The number of carboxylic acid groups (broad SMARTS) is 2. The Morgan fingerprint density at radius 3 is 1.41 bits per heavy atom. The first-order chi connectivity index (χ1) is 43.4. The summed E-state index contributed by atoms with van der Waals surface area (Å²) in [5, 5.41) is 53.0. The van der Waals surface area contributed by atoms with E-state index in [9.17, 15) is 24.9 Å². The topological polar surface area (TPSA) is 212 Å². The Balaban J connectivity index is 0.000000339. The molecule has 2 aliphatic carbocycles. The molecule has 6 aliphatic rings. The van der Waals surface area contributed by atoms with Gasteiger partial charge in [0.2, 0.25) is 0 Å². The number of benzene rings is 3. The molecule has 5 unspecified atom stereocenters. The Labute approximate surface area is 622 Å². The van der Waals surface area contributed by atoms with Gasteiger partial charge in [0.05, 0.1) is 30.6 Å². The maximum absolute atomic E-state index is 10.9. The van der Waals surface area contributed by atoms with Gasteiger partial charge in [-0.2, -0.15) is 0 Å². The Morgan fingerprint density at radius 1 is 0.585 bits per heavy atom. The van der Waals surface area contributed by atoms with E-state index >= 15 is 0 Å². The second-order valence-electron chi connectivity index (χ2n) is 30.0. The van der Waals surface area contributed by atoms with E-state index in [-0.39, 0.29) is 140 Å². The van der Waals surface area contributed by atoms with Gasteiger partial charge in [0.25, 0.3) is 0 Å². The van der Waals surface area contributed by atoms with Crippen molar-refractivity contribution in [1.29, 1.82) is 0 Å². The van der Waals surface area contributed by atoms with Gasteiger partial charge in [-0.25, -0.2) is 0 Å². The maximum atomic E-state index is 10.9. The molecule has 9 rings (SSSR count). The van der Waals surface area contributed by atoms with Gasteiger partial charge in [-0.15, -0.1) is 5.60 Å². The fraction of sp³-hybridized carbons (Fsp3) is 0.703. The summed E-state index contributed by atoms with van der Waals surface area (Å²) in [7, 11) is -5.52. The molecule has 3 aromatic rings. The van der Waals surface area contributed by atoms with Crippen LogP contribution in [0.4, 0.5) is 0 Å². The number of carbonyl (C=O) groups is 2. The molecule has 0 bridgehead atoms. The van der Waals surface area contributed by atoms with Crippen molar-refractivity contribution < 1.29 is 141 Å². The zero-order valence-electron chi connectivity index (χ0n) is 59.9. The third kappa shape index (κ3) is 29.8. The van der Waals surface area contributed by atoms with Gasteiger partial charge in [0, 0.05) is 83.6 Å². The predicted octanol–water partition coefficient (Wildman–Crippen LogP) is 7.97. The van der Waals surface area contributed by atoms with Crippen LogP contribution in [0.15, 0.2) is 103 Å². The van der Waals surface area contributed by atoms with Crippen LogP contribution in [0.2, 0.25) is 36.3 Å². The van der Waals surface area contributed by atoms with Gasteiger partial charge in [-0.3, -0.25) is 9.59 Å². The molecule has 4 N–H and O–H groups in total. The van der Waals surface area contributed by atoms with Crippen molar-refractivity contribution in [2.75, 3.05) is 45.8 Å². The van der Waals surface area contributed by atoms with Gasteiger partial charge >= 0.3 is 63.3 Å². The van der Waals surface area contributed by atoms with Crippen molar-refractivity contribution in [3.05, 3.63) is 103 Å². The molecule has 6 fully saturated rings. The van der Waals surface area contributed by atoms with Crippen molar-refractivity contribution in [3.8, 4) is 0 Å². The maximum Gasteiger partial charge on any atom is 1.00 e. The van der Waals surface area contributed by atoms with E-state index in [0.29, 0.717) is 44.8 Å². The molecule has 528 valence electrons. The summed E-state index contributed by atoms with van der Waals surface area (Å²) in [6, 6.07) is 32.2. The minimum atomic E-state index is -1.91. The molecular weight excluding hydrogens is 1330 g/mol. The van der Waals surface area contributed by atoms with E-state index in [0.717, 1.165) is 90.4 Å². The number of hydrogen-bond acceptors (Lipinski definition) is 13. The summed E-state index contributed by atoms with van der Waals surface area (Å²) in [6.07, 6.45) is 19.2. The predicted molar refractivity (Wildman–Crippen MR) is 374 cm³/mol. The fourth-order valence-electron chi connectivity index (χ4n) is 12.2. The number of fused-ring (bicyclic) bond motifs is 1. The Morgan fingerprint density at radius 2 is 1.01 bits per heavy atom. The molecule has 0 radical (unpaired) electrons. The van der Waals surface area contributed by atoms with E-state index < -0.39 is 53.8 Å². The molecule has 4 heterocycles. The normalized spacial score (nSPS) is 25.5. The Hall–Kier alpha value is -1.12. The number of aliphatic hydroxyl groups excluding tert-OH is 2. The number of halogens is 1. The van der Waals surface area contributed by atoms with Crippen LogP contribution in [-0.4, -0.2) is 144 Å². The molecule has 0 amide bonds. The molecule has 4 saturated heterocycles. The Kier molecular flexibility index (Phi) is 39.8. The number of ether oxygens (including phenoxy) is 6. The zero-order chi connectivity index (χ0) is 67.6. The average Bonchev–Trinajstić information content (AvgIpc) is 0.809. The summed E-state index contributed by atoms with van der Waals surface area (Å²) >= 11 is 0. The monoisotopic (exact) mass is 1450 g/mol. The Bertz CT molecular complexity index is 2450. The number of hydrogen-bond donors (Lipinski definition) is 4. The van der Waals surface area contributed by atoms with Gasteiger partial charge in [-0.1, -0.05) is 129 Å². The molecule has 2 saturated carbocycles. The second kappa shape index (κ2) is 43.0. The number of aliphatic hydroxyl groups is 2. The standard InChI is InChI=1S/C24H44O6Si.C23H23O2P.C19H36O5Si.C4H8O.C4H9O.BrH.K/c1-24(2,3)31(4,5)29-17-19-18(12-8-6-7-9-13-22(26)27)20(25)16-21(19)30-23-14-10-11-15-28-23;24-23(25)18-10-11-19-26(20-12-4-1-5-13-20,21-14-6-2-7-15-21)22-16-8-3-9-17-22;1-19(2,3)25(4,5)22-12-14-13-10-17(20)23-15(13)11-16(14)24-18-8-6-7-9-21-18;1-2-4-5-3-1;1-4(2,3)5;;/h6,8,18-21,23,25H,7,9-17H2,1-5H3,(H,26,27);1-9,12-17H,10-11,18-19H2;13-18,20H,6-12H2,1-5H3;1-4H2;1-3H3;1H;/q;;;;-1;;+1/b8-6-;;;;;;/t18?,19-,20+,21-,23?;;13-,14-,15?,16-,17?,18?;;;;/m1.1..../s1. The molecule has 0 spiro atoms. The van der Waals surface area contributed by atoms with Crippen LogP contribution < -0.4 is 89.4 Å². The SMILES string of the molecule is C1CCOC1.CC(C)(C)[O-].CC(C)(C)[Si](C)(C)OC[C@@H]1C(C/C=C\CCCC(=O)O)[C@@H](O)C[C@H]1OC1CCCCO1.CC(C)(C)[Si](C)(C)OC[C@H]1[C@H](OC2CCCCO2)CC2OC(O)C[C@@H]21.O=C(O)CCCC[P+](c1ccccc1)(c1ccccc1)c1ccccc1.[Br-].[K+]. The van der Waals surface area contributed by atoms with Crippen molar-refractivity contribution in [2.45, 2.75) is 263 Å². The van der Waals surface area contributed by atoms with Crippen LogP contribution >= 0.6 is 7.26 Å². The van der Waals surface area contributed by atoms with E-state index in [2.05, 4.69) is 165 Å². The van der Waals surface area contributed by atoms with Crippen LogP contribution in [0.1, 0.15) is 178 Å². The van der Waals surface area contributed by atoms with Gasteiger partial charge < -0.3 is 79.8 Å². The first-order valence-electron chi connectivity index (χ1n) is 34.7. The molecule has 0 aromatic heterocycles. The summed E-state index contributed by atoms with van der Waals surface area (Å²) in [5.41, 5.74) is -0.750. The number of unbranched alkanes of at least 4 members (excludes halogenated alkanes) is 2. The minimum absolute atomic E-state index is 0. The van der Waals surface area contributed by atoms with Gasteiger partial charge in [-0.05, 0) is 168 Å². The van der Waals surface area contributed by atoms with Crippen LogP contribution in [0, 0.1) is 23.7 Å². The van der Waals surface area contributed by atoms with Crippen molar-refractivity contribution in [2.24, 2.45) is 23.7 Å². The quantitative estimate of drug-likeness (QED) is 0.0290. The minimum Gasteiger partial charge on any atom is -1.00 e. The molecule has 4 aliphatic heterocycles. The number of rotatable bonds is 24. The van der Waals surface area contributed by atoms with Crippen molar-refractivity contribution in [3.63, 3.8) is 0 Å². The van der Waals surface area contributed by atoms with E-state index in [1.165, 1.54) is 35.2 Å². The van der Waals surface area contributed by atoms with E-state index in [4.69, 9.17) is 47.5 Å². The largest absolute Gasteiger partial charge is 1.00 e. The van der Waals surface area contributed by atoms with Crippen LogP contribution in [-0.2, 0) is 46.9 Å². The average molecular weight is 1460 g/mol. The molecule has 20 heteroatoms. The van der Waals surface area contributed by atoms with Crippen molar-refractivity contribution in [1.82, 2.24) is 0 Å². The fourth-order valence-corrected chi connectivity index (χ4v) is 18.7.